The summed E-state index contributed by atoms with van der Waals surface area (Å²) in [6.07, 6.45) is 1.42. The maximum absolute atomic E-state index is 12.5. The molecule has 1 aromatic carbocycles. The number of carbonyl (C=O) groups excluding carboxylic acids is 2. The van der Waals surface area contributed by atoms with E-state index in [-0.39, 0.29) is 11.8 Å². The Morgan fingerprint density at radius 1 is 1.05 bits per heavy atom. The van der Waals surface area contributed by atoms with E-state index in [1.165, 1.54) is 0 Å². The van der Waals surface area contributed by atoms with Gasteiger partial charge in [-0.25, -0.2) is 0 Å². The van der Waals surface area contributed by atoms with E-state index in [0.29, 0.717) is 37.5 Å². The third-order valence-electron chi connectivity index (χ3n) is 3.81. The van der Waals surface area contributed by atoms with E-state index in [9.17, 15) is 9.59 Å². The Hall–Kier alpha value is -1.36. The highest BCUT2D eigenvalue weighted by Crippen LogP contribution is 2.14. The molecule has 120 valence electrons. The van der Waals surface area contributed by atoms with Crippen molar-refractivity contribution < 1.29 is 9.59 Å². The van der Waals surface area contributed by atoms with Gasteiger partial charge in [0.2, 0.25) is 5.91 Å². The van der Waals surface area contributed by atoms with Gasteiger partial charge >= 0.3 is 0 Å². The lowest BCUT2D eigenvalue weighted by Gasteiger charge is -2.23. The predicted octanol–water partition coefficient (Wildman–Crippen LogP) is 3.17. The van der Waals surface area contributed by atoms with Crippen molar-refractivity contribution in [2.75, 3.05) is 26.2 Å². The van der Waals surface area contributed by atoms with E-state index in [4.69, 9.17) is 0 Å². The minimum absolute atomic E-state index is 0.0469. The Bertz CT molecular complexity index is 528. The molecule has 0 aromatic heterocycles. The average Bonchev–Trinajstić information content (AvgIpc) is 2.72. The van der Waals surface area contributed by atoms with Crippen molar-refractivity contribution in [2.45, 2.75) is 26.7 Å². The molecule has 0 N–H and O–H groups in total. The molecule has 1 aliphatic rings. The SMILES string of the molecule is CC(C)CC(=O)N1CCCN(C(=O)c2ccc(Br)cc2)CC1. The Morgan fingerprint density at radius 2 is 1.64 bits per heavy atom. The van der Waals surface area contributed by atoms with Gasteiger partial charge in [0.25, 0.3) is 5.91 Å². The monoisotopic (exact) mass is 366 g/mol. The summed E-state index contributed by atoms with van der Waals surface area (Å²) < 4.78 is 0.963. The van der Waals surface area contributed by atoms with Crippen molar-refractivity contribution in [2.24, 2.45) is 5.92 Å². The molecule has 0 spiro atoms. The lowest BCUT2D eigenvalue weighted by molar-refractivity contribution is -0.131. The number of benzene rings is 1. The molecule has 0 bridgehead atoms. The summed E-state index contributed by atoms with van der Waals surface area (Å²) in [5, 5.41) is 0. The van der Waals surface area contributed by atoms with Crippen LogP contribution in [0.25, 0.3) is 0 Å². The fourth-order valence-electron chi connectivity index (χ4n) is 2.62. The molecule has 22 heavy (non-hydrogen) atoms. The summed E-state index contributed by atoms with van der Waals surface area (Å²) in [7, 11) is 0. The van der Waals surface area contributed by atoms with E-state index in [1.54, 1.807) is 0 Å². The highest BCUT2D eigenvalue weighted by Gasteiger charge is 2.23. The van der Waals surface area contributed by atoms with Crippen LogP contribution in [0.4, 0.5) is 0 Å². The van der Waals surface area contributed by atoms with Crippen molar-refractivity contribution in [1.82, 2.24) is 9.80 Å². The van der Waals surface area contributed by atoms with E-state index in [0.717, 1.165) is 17.4 Å². The van der Waals surface area contributed by atoms with Crippen molar-refractivity contribution in [3.05, 3.63) is 34.3 Å². The van der Waals surface area contributed by atoms with Crippen LogP contribution in [0.3, 0.4) is 0 Å². The van der Waals surface area contributed by atoms with Crippen molar-refractivity contribution in [1.29, 1.82) is 0 Å². The van der Waals surface area contributed by atoms with Gasteiger partial charge in [-0.1, -0.05) is 29.8 Å². The van der Waals surface area contributed by atoms with Gasteiger partial charge in [-0.2, -0.15) is 0 Å². The van der Waals surface area contributed by atoms with Crippen LogP contribution in [0.5, 0.6) is 0 Å². The molecule has 1 aliphatic heterocycles. The quantitative estimate of drug-likeness (QED) is 0.824. The van der Waals surface area contributed by atoms with E-state index in [2.05, 4.69) is 29.8 Å². The zero-order valence-electron chi connectivity index (χ0n) is 13.2. The summed E-state index contributed by atoms with van der Waals surface area (Å²) >= 11 is 3.38. The fourth-order valence-corrected chi connectivity index (χ4v) is 2.89. The molecule has 2 rings (SSSR count). The molecule has 1 aromatic rings. The number of hydrogen-bond acceptors (Lipinski definition) is 2. The van der Waals surface area contributed by atoms with Crippen molar-refractivity contribution in [3.8, 4) is 0 Å². The van der Waals surface area contributed by atoms with Crippen LogP contribution >= 0.6 is 15.9 Å². The van der Waals surface area contributed by atoms with E-state index < -0.39 is 0 Å². The van der Waals surface area contributed by atoms with Gasteiger partial charge in [0, 0.05) is 42.6 Å². The smallest absolute Gasteiger partial charge is 0.253 e. The van der Waals surface area contributed by atoms with E-state index >= 15 is 0 Å². The zero-order valence-corrected chi connectivity index (χ0v) is 14.8. The third kappa shape index (κ3) is 4.57. The molecule has 5 heteroatoms. The molecule has 2 amide bonds. The van der Waals surface area contributed by atoms with Crippen molar-refractivity contribution in [3.63, 3.8) is 0 Å². The second-order valence-corrected chi connectivity index (χ2v) is 7.05. The van der Waals surface area contributed by atoms with Crippen LogP contribution < -0.4 is 0 Å². The molecule has 0 atom stereocenters. The van der Waals surface area contributed by atoms with E-state index in [1.807, 2.05) is 34.1 Å². The van der Waals surface area contributed by atoms with Gasteiger partial charge in [0.05, 0.1) is 0 Å². The number of halogens is 1. The molecule has 0 radical (unpaired) electrons. The molecule has 4 nitrogen and oxygen atoms in total. The number of carbonyl (C=O) groups is 2. The molecule has 1 saturated heterocycles. The number of nitrogens with zero attached hydrogens (tertiary/aromatic N) is 2. The lowest BCUT2D eigenvalue weighted by atomic mass is 10.1. The van der Waals surface area contributed by atoms with Crippen LogP contribution in [0.1, 0.15) is 37.0 Å². The molecule has 1 fully saturated rings. The first-order valence-electron chi connectivity index (χ1n) is 7.80. The molecule has 0 saturated carbocycles. The molecule has 0 unspecified atom stereocenters. The average molecular weight is 367 g/mol. The minimum atomic E-state index is 0.0469. The first kappa shape index (κ1) is 17.0. The minimum Gasteiger partial charge on any atom is -0.341 e. The second kappa shape index (κ2) is 7.77. The van der Waals surface area contributed by atoms with Crippen molar-refractivity contribution >= 4 is 27.7 Å². The second-order valence-electron chi connectivity index (χ2n) is 6.13. The molecule has 0 aliphatic carbocycles. The van der Waals surface area contributed by atoms with Crippen LogP contribution in [0.2, 0.25) is 0 Å². The Kier molecular flexibility index (Phi) is 6.00. The number of amides is 2. The first-order chi connectivity index (χ1) is 10.5. The Labute approximate surface area is 140 Å². The Morgan fingerprint density at radius 3 is 2.27 bits per heavy atom. The Balaban J connectivity index is 1.96. The van der Waals surface area contributed by atoms with Gasteiger partial charge in [0.1, 0.15) is 0 Å². The topological polar surface area (TPSA) is 40.6 Å². The predicted molar refractivity (Wildman–Crippen MR) is 90.7 cm³/mol. The summed E-state index contributed by atoms with van der Waals surface area (Å²) in [6, 6.07) is 7.42. The van der Waals surface area contributed by atoms with Gasteiger partial charge in [-0.3, -0.25) is 9.59 Å². The van der Waals surface area contributed by atoms with Gasteiger partial charge < -0.3 is 9.80 Å². The van der Waals surface area contributed by atoms with Gasteiger partial charge in [0.15, 0.2) is 0 Å². The summed E-state index contributed by atoms with van der Waals surface area (Å²) in [4.78, 5) is 28.4. The first-order valence-corrected chi connectivity index (χ1v) is 8.59. The number of hydrogen-bond donors (Lipinski definition) is 0. The third-order valence-corrected chi connectivity index (χ3v) is 4.34. The van der Waals surface area contributed by atoms with Crippen LogP contribution in [0, 0.1) is 5.92 Å². The molecule has 1 heterocycles. The molecular weight excluding hydrogens is 344 g/mol. The normalized spacial score (nSPS) is 15.8. The van der Waals surface area contributed by atoms with Crippen LogP contribution in [0.15, 0.2) is 28.7 Å². The summed E-state index contributed by atoms with van der Waals surface area (Å²) in [5.41, 5.74) is 0.699. The maximum atomic E-state index is 12.5. The fraction of sp³-hybridized carbons (Fsp3) is 0.529. The lowest BCUT2D eigenvalue weighted by Crippen LogP contribution is -2.37. The summed E-state index contributed by atoms with van der Waals surface area (Å²) in [6.45, 7) is 6.81. The number of rotatable bonds is 3. The largest absolute Gasteiger partial charge is 0.341 e. The summed E-state index contributed by atoms with van der Waals surface area (Å²) in [5.74, 6) is 0.620. The highest BCUT2D eigenvalue weighted by molar-refractivity contribution is 9.10. The standard InChI is InChI=1S/C17H23BrN2O2/c1-13(2)12-16(21)19-8-3-9-20(11-10-19)17(22)14-4-6-15(18)7-5-14/h4-7,13H,3,8-12H2,1-2H3. The van der Waals surface area contributed by atoms with Crippen LogP contribution in [-0.4, -0.2) is 47.8 Å². The zero-order chi connectivity index (χ0) is 16.1. The molecular formula is C17H23BrN2O2. The highest BCUT2D eigenvalue weighted by atomic mass is 79.9. The van der Waals surface area contributed by atoms with Gasteiger partial charge in [-0.15, -0.1) is 0 Å². The van der Waals surface area contributed by atoms with Crippen LogP contribution in [-0.2, 0) is 4.79 Å². The maximum Gasteiger partial charge on any atom is 0.253 e. The van der Waals surface area contributed by atoms with Gasteiger partial charge in [-0.05, 0) is 36.6 Å².